The maximum atomic E-state index is 12.8. The number of amides is 2. The molecule has 0 radical (unpaired) electrons. The van der Waals surface area contributed by atoms with Crippen LogP contribution in [0, 0.1) is 0 Å². The van der Waals surface area contributed by atoms with E-state index in [-0.39, 0.29) is 16.7 Å². The van der Waals surface area contributed by atoms with E-state index in [1.165, 1.54) is 12.8 Å². The fraction of sp³-hybridized carbons (Fsp3) is 0.524. The van der Waals surface area contributed by atoms with Crippen molar-refractivity contribution in [1.82, 2.24) is 19.7 Å². The van der Waals surface area contributed by atoms with Gasteiger partial charge in [0.25, 0.3) is 0 Å². The predicted octanol–water partition coefficient (Wildman–Crippen LogP) is 3.06. The molecule has 29 heavy (non-hydrogen) atoms. The molecule has 0 spiro atoms. The van der Waals surface area contributed by atoms with E-state index in [4.69, 9.17) is 0 Å². The van der Waals surface area contributed by atoms with Gasteiger partial charge in [0.05, 0.1) is 4.87 Å². The van der Waals surface area contributed by atoms with Crippen molar-refractivity contribution in [1.29, 1.82) is 0 Å². The molecule has 0 bridgehead atoms. The van der Waals surface area contributed by atoms with Crippen LogP contribution in [0.3, 0.4) is 0 Å². The first-order chi connectivity index (χ1) is 14.0. The molecule has 2 fully saturated rings. The number of fused-ring (bicyclic) bond motifs is 2. The number of benzene rings is 1. The zero-order valence-corrected chi connectivity index (χ0v) is 17.4. The van der Waals surface area contributed by atoms with Crippen LogP contribution in [0.15, 0.2) is 24.3 Å². The zero-order chi connectivity index (χ0) is 20.0. The molecule has 152 valence electrons. The van der Waals surface area contributed by atoms with Crippen LogP contribution in [0.1, 0.15) is 44.9 Å². The number of anilines is 1. The van der Waals surface area contributed by atoms with Gasteiger partial charge in [-0.25, -0.2) is 0 Å². The molecule has 1 N–H and O–H groups in total. The number of hydrogen-bond acceptors (Lipinski definition) is 5. The zero-order valence-electron chi connectivity index (χ0n) is 16.6. The van der Waals surface area contributed by atoms with E-state index in [0.29, 0.717) is 12.2 Å². The first kappa shape index (κ1) is 18.7. The van der Waals surface area contributed by atoms with Crippen molar-refractivity contribution in [3.8, 4) is 11.4 Å². The molecule has 3 aliphatic rings. The number of aryl methyl sites for hydroxylation is 1. The van der Waals surface area contributed by atoms with Crippen molar-refractivity contribution >= 4 is 29.3 Å². The van der Waals surface area contributed by atoms with Gasteiger partial charge in [-0.05, 0) is 50.5 Å². The molecule has 0 aliphatic carbocycles. The van der Waals surface area contributed by atoms with E-state index in [0.717, 1.165) is 48.7 Å². The minimum atomic E-state index is -0.396. The van der Waals surface area contributed by atoms with E-state index >= 15 is 0 Å². The second-order valence-electron chi connectivity index (χ2n) is 8.23. The molecule has 5 rings (SSSR count). The molecular formula is C21H25N5O2S. The number of carbonyl (C=O) groups excluding carboxylic acids is 2. The molecule has 2 saturated heterocycles. The number of thioether (sulfide) groups is 1. The van der Waals surface area contributed by atoms with E-state index < -0.39 is 6.04 Å². The van der Waals surface area contributed by atoms with Gasteiger partial charge >= 0.3 is 0 Å². The Labute approximate surface area is 174 Å². The smallest absolute Gasteiger partial charge is 0.248 e. The summed E-state index contributed by atoms with van der Waals surface area (Å²) in [4.78, 5) is 26.7. The number of nitrogens with one attached hydrogen (secondary N) is 1. The standard InChI is InChI=1S/C21H25N5O2S/c1-21-11-10-18(27)26(21)16(13-29-21)20(28)22-15-8-6-14(7-9-15)19-24-23-17-5-3-2-4-12-25(17)19/h6-9,16H,2-5,10-13H2,1H3,(H,22,28)/t16-,21+/m1/s1. The van der Waals surface area contributed by atoms with Gasteiger partial charge in [-0.3, -0.25) is 9.59 Å². The van der Waals surface area contributed by atoms with E-state index in [2.05, 4.69) is 27.0 Å². The third kappa shape index (κ3) is 3.23. The first-order valence-corrected chi connectivity index (χ1v) is 11.3. The van der Waals surface area contributed by atoms with Crippen molar-refractivity contribution in [3.05, 3.63) is 30.1 Å². The van der Waals surface area contributed by atoms with Crippen LogP contribution in [0.25, 0.3) is 11.4 Å². The van der Waals surface area contributed by atoms with Gasteiger partial charge in [0, 0.05) is 36.4 Å². The summed E-state index contributed by atoms with van der Waals surface area (Å²) < 4.78 is 2.22. The van der Waals surface area contributed by atoms with E-state index in [9.17, 15) is 9.59 Å². The minimum absolute atomic E-state index is 0.0838. The molecule has 7 nitrogen and oxygen atoms in total. The lowest BCUT2D eigenvalue weighted by atomic mass is 10.1. The fourth-order valence-corrected chi connectivity index (χ4v) is 6.07. The average Bonchev–Trinajstić information content (AvgIpc) is 3.30. The van der Waals surface area contributed by atoms with Crippen LogP contribution in [-0.2, 0) is 22.6 Å². The Morgan fingerprint density at radius 1 is 1.17 bits per heavy atom. The molecule has 2 amide bonds. The molecule has 1 aromatic heterocycles. The van der Waals surface area contributed by atoms with Gasteiger partial charge < -0.3 is 14.8 Å². The van der Waals surface area contributed by atoms with Gasteiger partial charge in [0.15, 0.2) is 5.82 Å². The molecule has 0 unspecified atom stereocenters. The molecule has 1 aromatic carbocycles. The summed E-state index contributed by atoms with van der Waals surface area (Å²) in [5.41, 5.74) is 1.74. The highest BCUT2D eigenvalue weighted by atomic mass is 32.2. The second kappa shape index (κ2) is 7.16. The van der Waals surface area contributed by atoms with Crippen LogP contribution >= 0.6 is 11.8 Å². The van der Waals surface area contributed by atoms with Crippen molar-refractivity contribution in [2.75, 3.05) is 11.1 Å². The first-order valence-electron chi connectivity index (χ1n) is 10.3. The molecule has 2 aromatic rings. The lowest BCUT2D eigenvalue weighted by Gasteiger charge is -2.29. The Morgan fingerprint density at radius 2 is 2.00 bits per heavy atom. The van der Waals surface area contributed by atoms with Gasteiger partial charge in [-0.2, -0.15) is 0 Å². The van der Waals surface area contributed by atoms with Gasteiger partial charge in [-0.15, -0.1) is 22.0 Å². The van der Waals surface area contributed by atoms with Crippen molar-refractivity contribution in [2.24, 2.45) is 0 Å². The Morgan fingerprint density at radius 3 is 2.83 bits per heavy atom. The Kier molecular flexibility index (Phi) is 4.61. The quantitative estimate of drug-likeness (QED) is 0.840. The number of aromatic nitrogens is 3. The fourth-order valence-electron chi connectivity index (χ4n) is 4.64. The normalized spacial score (nSPS) is 26.2. The van der Waals surface area contributed by atoms with Gasteiger partial charge in [0.1, 0.15) is 11.9 Å². The Hall–Kier alpha value is -2.35. The van der Waals surface area contributed by atoms with Gasteiger partial charge in [0.2, 0.25) is 11.8 Å². The monoisotopic (exact) mass is 411 g/mol. The highest BCUT2D eigenvalue weighted by Gasteiger charge is 2.52. The highest BCUT2D eigenvalue weighted by molar-refractivity contribution is 8.01. The van der Waals surface area contributed by atoms with E-state index in [1.807, 2.05) is 24.3 Å². The predicted molar refractivity (Wildman–Crippen MR) is 112 cm³/mol. The van der Waals surface area contributed by atoms with Crippen molar-refractivity contribution in [3.63, 3.8) is 0 Å². The maximum absolute atomic E-state index is 12.8. The topological polar surface area (TPSA) is 80.1 Å². The summed E-state index contributed by atoms with van der Waals surface area (Å²) in [6, 6.07) is 7.36. The summed E-state index contributed by atoms with van der Waals surface area (Å²) in [5, 5.41) is 11.7. The third-order valence-corrected chi connectivity index (χ3v) is 7.77. The van der Waals surface area contributed by atoms with Crippen LogP contribution in [0.2, 0.25) is 0 Å². The SMILES string of the molecule is C[C@]12CCC(=O)N1[C@@H](C(=O)Nc1ccc(-c3nnc4n3CCCCC4)cc1)CS2. The van der Waals surface area contributed by atoms with Crippen molar-refractivity contribution in [2.45, 2.75) is 62.9 Å². The van der Waals surface area contributed by atoms with E-state index in [1.54, 1.807) is 16.7 Å². The van der Waals surface area contributed by atoms with Crippen LogP contribution < -0.4 is 5.32 Å². The lowest BCUT2D eigenvalue weighted by Crippen LogP contribution is -2.48. The minimum Gasteiger partial charge on any atom is -0.324 e. The lowest BCUT2D eigenvalue weighted by molar-refractivity contribution is -0.135. The molecule has 8 heteroatoms. The van der Waals surface area contributed by atoms with Crippen LogP contribution in [0.4, 0.5) is 5.69 Å². The molecule has 3 aliphatic heterocycles. The summed E-state index contributed by atoms with van der Waals surface area (Å²) in [7, 11) is 0. The number of rotatable bonds is 3. The Bertz CT molecular complexity index is 956. The molecule has 2 atom stereocenters. The third-order valence-electron chi connectivity index (χ3n) is 6.27. The summed E-state index contributed by atoms with van der Waals surface area (Å²) in [5.74, 6) is 2.58. The number of hydrogen-bond donors (Lipinski definition) is 1. The number of carbonyl (C=O) groups is 2. The summed E-state index contributed by atoms with van der Waals surface area (Å²) >= 11 is 1.71. The molecule has 0 saturated carbocycles. The van der Waals surface area contributed by atoms with Crippen LogP contribution in [0.5, 0.6) is 0 Å². The highest BCUT2D eigenvalue weighted by Crippen LogP contribution is 2.47. The van der Waals surface area contributed by atoms with Crippen LogP contribution in [-0.4, -0.2) is 48.1 Å². The molecule has 4 heterocycles. The average molecular weight is 412 g/mol. The Balaban J connectivity index is 1.31. The molecular weight excluding hydrogens is 386 g/mol. The number of nitrogens with zero attached hydrogens (tertiary/aromatic N) is 4. The summed E-state index contributed by atoms with van der Waals surface area (Å²) in [6.07, 6.45) is 5.88. The van der Waals surface area contributed by atoms with Gasteiger partial charge in [-0.1, -0.05) is 6.42 Å². The largest absolute Gasteiger partial charge is 0.324 e. The van der Waals surface area contributed by atoms with Crippen molar-refractivity contribution < 1.29 is 9.59 Å². The second-order valence-corrected chi connectivity index (χ2v) is 9.74. The summed E-state index contributed by atoms with van der Waals surface area (Å²) in [6.45, 7) is 3.02. The maximum Gasteiger partial charge on any atom is 0.248 e.